The molecule has 0 aliphatic carbocycles. The second-order valence-corrected chi connectivity index (χ2v) is 6.02. The smallest absolute Gasteiger partial charge is 0.236 e. The second kappa shape index (κ2) is 7.54. The summed E-state index contributed by atoms with van der Waals surface area (Å²) in [5.41, 5.74) is 0. The Morgan fingerprint density at radius 1 is 1.39 bits per heavy atom. The van der Waals surface area contributed by atoms with Gasteiger partial charge >= 0.3 is 0 Å². The molecule has 1 aromatic rings. The largest absolute Gasteiger partial charge is 0.355 e. The number of hydrogen-bond acceptors (Lipinski definition) is 3. The highest BCUT2D eigenvalue weighted by atomic mass is 32.1. The summed E-state index contributed by atoms with van der Waals surface area (Å²) in [6, 6.07) is 4.30. The van der Waals surface area contributed by atoms with Crippen LogP contribution < -0.4 is 10.6 Å². The van der Waals surface area contributed by atoms with E-state index in [1.165, 1.54) is 9.75 Å². The van der Waals surface area contributed by atoms with E-state index in [0.29, 0.717) is 0 Å². The van der Waals surface area contributed by atoms with Crippen LogP contribution in [0.2, 0.25) is 0 Å². The Morgan fingerprint density at radius 2 is 2.11 bits per heavy atom. The molecule has 0 spiro atoms. The van der Waals surface area contributed by atoms with Crippen molar-refractivity contribution in [3.05, 3.63) is 21.9 Å². The third-order valence-corrected chi connectivity index (χ3v) is 4.09. The number of aryl methyl sites for hydroxylation is 1. The van der Waals surface area contributed by atoms with Gasteiger partial charge in [-0.1, -0.05) is 13.3 Å². The molecule has 2 unspecified atom stereocenters. The maximum absolute atomic E-state index is 11.8. The summed E-state index contributed by atoms with van der Waals surface area (Å²) in [6.45, 7) is 9.00. The molecule has 0 bridgehead atoms. The summed E-state index contributed by atoms with van der Waals surface area (Å²) in [6.07, 6.45) is 2.14. The van der Waals surface area contributed by atoms with E-state index >= 15 is 0 Å². The van der Waals surface area contributed by atoms with Crippen LogP contribution in [-0.4, -0.2) is 18.5 Å². The van der Waals surface area contributed by atoms with Crippen molar-refractivity contribution >= 4 is 17.2 Å². The lowest BCUT2D eigenvalue weighted by atomic mass is 10.2. The standard InChI is InChI=1S/C14H24N2OS/c1-5-6-9-15-14(17)12(4)16-11(3)13-8-7-10(2)18-13/h7-8,11-12,16H,5-6,9H2,1-4H3,(H,15,17). The predicted octanol–water partition coefficient (Wildman–Crippen LogP) is 3.01. The maximum atomic E-state index is 11.8. The Kier molecular flexibility index (Phi) is 6.36. The number of carbonyl (C=O) groups is 1. The van der Waals surface area contributed by atoms with Crippen LogP contribution in [0.5, 0.6) is 0 Å². The average molecular weight is 268 g/mol. The van der Waals surface area contributed by atoms with Crippen molar-refractivity contribution in [2.75, 3.05) is 6.54 Å². The minimum Gasteiger partial charge on any atom is -0.355 e. The van der Waals surface area contributed by atoms with Gasteiger partial charge in [-0.15, -0.1) is 11.3 Å². The molecule has 0 saturated carbocycles. The predicted molar refractivity (Wildman–Crippen MR) is 78.0 cm³/mol. The molecule has 1 heterocycles. The Hall–Kier alpha value is -0.870. The Morgan fingerprint density at radius 3 is 2.67 bits per heavy atom. The normalized spacial score (nSPS) is 14.2. The number of amides is 1. The number of rotatable bonds is 7. The van der Waals surface area contributed by atoms with Crippen LogP contribution in [-0.2, 0) is 4.79 Å². The SMILES string of the molecule is CCCCNC(=O)C(C)NC(C)c1ccc(C)s1. The van der Waals surface area contributed by atoms with Gasteiger partial charge in [0.2, 0.25) is 5.91 Å². The summed E-state index contributed by atoms with van der Waals surface area (Å²) >= 11 is 1.78. The zero-order chi connectivity index (χ0) is 13.5. The first kappa shape index (κ1) is 15.2. The molecule has 1 amide bonds. The highest BCUT2D eigenvalue weighted by molar-refractivity contribution is 7.12. The molecule has 2 atom stereocenters. The van der Waals surface area contributed by atoms with Crippen molar-refractivity contribution in [3.8, 4) is 0 Å². The molecule has 4 heteroatoms. The van der Waals surface area contributed by atoms with E-state index in [1.807, 2.05) is 6.92 Å². The molecule has 2 N–H and O–H groups in total. The molecule has 102 valence electrons. The number of thiophene rings is 1. The van der Waals surface area contributed by atoms with E-state index in [0.717, 1.165) is 19.4 Å². The first-order valence-electron chi connectivity index (χ1n) is 6.64. The van der Waals surface area contributed by atoms with Gasteiger partial charge in [0, 0.05) is 22.3 Å². The van der Waals surface area contributed by atoms with Crippen LogP contribution in [0.1, 0.15) is 49.4 Å². The lowest BCUT2D eigenvalue weighted by Gasteiger charge is -2.18. The third-order valence-electron chi connectivity index (χ3n) is 2.91. The Labute approximate surface area is 114 Å². The van der Waals surface area contributed by atoms with Crippen molar-refractivity contribution in [1.82, 2.24) is 10.6 Å². The first-order chi connectivity index (χ1) is 8.54. The summed E-state index contributed by atoms with van der Waals surface area (Å²) in [5, 5.41) is 6.28. The van der Waals surface area contributed by atoms with Gasteiger partial charge in [-0.05, 0) is 39.3 Å². The topological polar surface area (TPSA) is 41.1 Å². The van der Waals surface area contributed by atoms with E-state index < -0.39 is 0 Å². The minimum atomic E-state index is -0.153. The Balaban J connectivity index is 2.39. The lowest BCUT2D eigenvalue weighted by molar-refractivity contribution is -0.122. The fourth-order valence-corrected chi connectivity index (χ4v) is 2.65. The van der Waals surface area contributed by atoms with Crippen LogP contribution >= 0.6 is 11.3 Å². The van der Waals surface area contributed by atoms with Crippen molar-refractivity contribution in [2.24, 2.45) is 0 Å². The molecule has 3 nitrogen and oxygen atoms in total. The third kappa shape index (κ3) is 4.78. The molecule has 18 heavy (non-hydrogen) atoms. The fraction of sp³-hybridized carbons (Fsp3) is 0.643. The van der Waals surface area contributed by atoms with E-state index in [-0.39, 0.29) is 18.0 Å². The number of carbonyl (C=O) groups excluding carboxylic acids is 1. The fourth-order valence-electron chi connectivity index (χ4n) is 1.76. The quantitative estimate of drug-likeness (QED) is 0.746. The van der Waals surface area contributed by atoms with Crippen molar-refractivity contribution in [2.45, 2.75) is 52.6 Å². The van der Waals surface area contributed by atoms with Crippen LogP contribution in [0.15, 0.2) is 12.1 Å². The maximum Gasteiger partial charge on any atom is 0.236 e. The zero-order valence-electron chi connectivity index (χ0n) is 11.7. The number of nitrogens with one attached hydrogen (secondary N) is 2. The van der Waals surface area contributed by atoms with Crippen molar-refractivity contribution in [3.63, 3.8) is 0 Å². The molecule has 0 saturated heterocycles. The van der Waals surface area contributed by atoms with Crippen LogP contribution in [0.4, 0.5) is 0 Å². The van der Waals surface area contributed by atoms with Gasteiger partial charge in [-0.2, -0.15) is 0 Å². The van der Waals surface area contributed by atoms with E-state index in [1.54, 1.807) is 11.3 Å². The van der Waals surface area contributed by atoms with Crippen molar-refractivity contribution < 1.29 is 4.79 Å². The van der Waals surface area contributed by atoms with E-state index in [2.05, 4.69) is 43.5 Å². The lowest BCUT2D eigenvalue weighted by Crippen LogP contribution is -2.43. The van der Waals surface area contributed by atoms with Gasteiger partial charge in [0.15, 0.2) is 0 Å². The summed E-state index contributed by atoms with van der Waals surface area (Å²) in [7, 11) is 0. The average Bonchev–Trinajstić information content (AvgIpc) is 2.76. The van der Waals surface area contributed by atoms with E-state index in [9.17, 15) is 4.79 Å². The number of hydrogen-bond donors (Lipinski definition) is 2. The molecule has 1 rings (SSSR count). The Bertz CT molecular complexity index is 376. The monoisotopic (exact) mass is 268 g/mol. The highest BCUT2D eigenvalue weighted by Crippen LogP contribution is 2.22. The zero-order valence-corrected chi connectivity index (χ0v) is 12.6. The summed E-state index contributed by atoms with van der Waals surface area (Å²) in [4.78, 5) is 14.4. The van der Waals surface area contributed by atoms with Gasteiger partial charge < -0.3 is 5.32 Å². The minimum absolute atomic E-state index is 0.0866. The van der Waals surface area contributed by atoms with Crippen molar-refractivity contribution in [1.29, 1.82) is 0 Å². The molecule has 0 aromatic carbocycles. The summed E-state index contributed by atoms with van der Waals surface area (Å²) < 4.78 is 0. The van der Waals surface area contributed by atoms with Gasteiger partial charge in [0.1, 0.15) is 0 Å². The van der Waals surface area contributed by atoms with Gasteiger partial charge in [0.05, 0.1) is 6.04 Å². The van der Waals surface area contributed by atoms with Crippen LogP contribution in [0, 0.1) is 6.92 Å². The molecular formula is C14H24N2OS. The molecule has 0 radical (unpaired) electrons. The van der Waals surface area contributed by atoms with Gasteiger partial charge in [-0.25, -0.2) is 0 Å². The van der Waals surface area contributed by atoms with Gasteiger partial charge in [0.25, 0.3) is 0 Å². The molecule has 0 fully saturated rings. The van der Waals surface area contributed by atoms with Crippen LogP contribution in [0.25, 0.3) is 0 Å². The highest BCUT2D eigenvalue weighted by Gasteiger charge is 2.16. The molecular weight excluding hydrogens is 244 g/mol. The van der Waals surface area contributed by atoms with Gasteiger partial charge in [-0.3, -0.25) is 10.1 Å². The second-order valence-electron chi connectivity index (χ2n) is 4.70. The number of unbranched alkanes of at least 4 members (excludes halogenated alkanes) is 1. The molecule has 1 aromatic heterocycles. The van der Waals surface area contributed by atoms with Crippen LogP contribution in [0.3, 0.4) is 0 Å². The summed E-state index contributed by atoms with van der Waals surface area (Å²) in [5.74, 6) is 0.0866. The molecule has 0 aliphatic heterocycles. The van der Waals surface area contributed by atoms with E-state index in [4.69, 9.17) is 0 Å². The first-order valence-corrected chi connectivity index (χ1v) is 7.46. The molecule has 0 aliphatic rings.